The van der Waals surface area contributed by atoms with Gasteiger partial charge in [-0.2, -0.15) is 0 Å². The molecule has 1 aliphatic heterocycles. The van der Waals surface area contributed by atoms with Crippen molar-refractivity contribution >= 4 is 5.69 Å². The van der Waals surface area contributed by atoms with Gasteiger partial charge in [-0.3, -0.25) is 0 Å². The summed E-state index contributed by atoms with van der Waals surface area (Å²) in [5.41, 5.74) is 7.84. The van der Waals surface area contributed by atoms with Crippen LogP contribution in [0.5, 0.6) is 5.75 Å². The van der Waals surface area contributed by atoms with E-state index in [1.807, 2.05) is 6.07 Å². The number of nitrogens with one attached hydrogen (secondary N) is 1. The van der Waals surface area contributed by atoms with Crippen molar-refractivity contribution in [2.24, 2.45) is 5.73 Å². The summed E-state index contributed by atoms with van der Waals surface area (Å²) in [5, 5.41) is 3.46. The maximum Gasteiger partial charge on any atom is 0.145 e. The molecule has 0 amide bonds. The molecule has 1 heterocycles. The Bertz CT molecular complexity index is 351. The van der Waals surface area contributed by atoms with E-state index in [1.54, 1.807) is 0 Å². The van der Waals surface area contributed by atoms with Gasteiger partial charge in [0.15, 0.2) is 0 Å². The smallest absolute Gasteiger partial charge is 0.145 e. The molecule has 82 valence electrons. The number of benzene rings is 1. The van der Waals surface area contributed by atoms with Crippen molar-refractivity contribution < 1.29 is 4.74 Å². The number of para-hydroxylation sites is 1. The molecule has 0 spiro atoms. The first kappa shape index (κ1) is 10.3. The van der Waals surface area contributed by atoms with E-state index in [9.17, 15) is 0 Å². The second-order valence-electron chi connectivity index (χ2n) is 4.12. The Hall–Kier alpha value is -1.22. The first-order valence-corrected chi connectivity index (χ1v) is 5.45. The van der Waals surface area contributed by atoms with E-state index in [-0.39, 0.29) is 6.10 Å². The van der Waals surface area contributed by atoms with E-state index in [0.717, 1.165) is 17.9 Å². The summed E-state index contributed by atoms with van der Waals surface area (Å²) in [7, 11) is 0. The van der Waals surface area contributed by atoms with Crippen LogP contribution in [0, 0.1) is 6.92 Å². The fourth-order valence-electron chi connectivity index (χ4n) is 1.99. The molecule has 0 saturated carbocycles. The molecule has 1 aliphatic rings. The zero-order valence-corrected chi connectivity index (χ0v) is 9.29. The highest BCUT2D eigenvalue weighted by Gasteiger charge is 2.26. The minimum absolute atomic E-state index is 0.184. The minimum atomic E-state index is 0.184. The lowest BCUT2D eigenvalue weighted by atomic mass is 10.0. The van der Waals surface area contributed by atoms with Gasteiger partial charge in [-0.25, -0.2) is 0 Å². The molecular formula is C12H18N2O. The molecule has 15 heavy (non-hydrogen) atoms. The maximum atomic E-state index is 5.97. The van der Waals surface area contributed by atoms with Gasteiger partial charge in [0.25, 0.3) is 0 Å². The van der Waals surface area contributed by atoms with Crippen LogP contribution in [-0.2, 0) is 0 Å². The number of fused-ring (bicyclic) bond motifs is 1. The number of aryl methyl sites for hydroxylation is 1. The van der Waals surface area contributed by atoms with Gasteiger partial charge in [-0.15, -0.1) is 0 Å². The molecule has 3 N–H and O–H groups in total. The lowest BCUT2D eigenvalue weighted by Gasteiger charge is -2.33. The predicted molar refractivity (Wildman–Crippen MR) is 62.4 cm³/mol. The van der Waals surface area contributed by atoms with Gasteiger partial charge in [-0.05, 0) is 38.4 Å². The van der Waals surface area contributed by atoms with Crippen LogP contribution in [-0.4, -0.2) is 18.7 Å². The number of hydrogen-bond acceptors (Lipinski definition) is 3. The standard InChI is InChI=1S/C12H18N2O/c1-8-4-3-5-10-12(8)15-11(6-7-13)9(2)14-10/h3-5,9,11,14H,6-7,13H2,1-2H3. The van der Waals surface area contributed by atoms with E-state index >= 15 is 0 Å². The Morgan fingerprint density at radius 2 is 2.27 bits per heavy atom. The largest absolute Gasteiger partial charge is 0.486 e. The topological polar surface area (TPSA) is 47.3 Å². The third-order valence-corrected chi connectivity index (χ3v) is 2.87. The van der Waals surface area contributed by atoms with Crippen LogP contribution in [0.3, 0.4) is 0 Å². The van der Waals surface area contributed by atoms with Crippen LogP contribution in [0.1, 0.15) is 18.9 Å². The number of ether oxygens (including phenoxy) is 1. The average molecular weight is 206 g/mol. The first-order valence-electron chi connectivity index (χ1n) is 5.45. The van der Waals surface area contributed by atoms with Gasteiger partial charge in [0.05, 0.1) is 11.7 Å². The molecule has 3 nitrogen and oxygen atoms in total. The molecule has 2 rings (SSSR count). The van der Waals surface area contributed by atoms with Crippen LogP contribution in [0.25, 0.3) is 0 Å². The van der Waals surface area contributed by atoms with Crippen molar-refractivity contribution in [2.75, 3.05) is 11.9 Å². The van der Waals surface area contributed by atoms with Crippen LogP contribution < -0.4 is 15.8 Å². The maximum absolute atomic E-state index is 5.97. The van der Waals surface area contributed by atoms with Crippen molar-refractivity contribution in [1.82, 2.24) is 0 Å². The first-order chi connectivity index (χ1) is 7.22. The fraction of sp³-hybridized carbons (Fsp3) is 0.500. The molecule has 0 fully saturated rings. The molecule has 0 bridgehead atoms. The van der Waals surface area contributed by atoms with Crippen LogP contribution in [0.15, 0.2) is 18.2 Å². The molecule has 0 aliphatic carbocycles. The Balaban J connectivity index is 2.26. The average Bonchev–Trinajstić information content (AvgIpc) is 2.21. The second-order valence-corrected chi connectivity index (χ2v) is 4.12. The van der Waals surface area contributed by atoms with E-state index in [0.29, 0.717) is 12.6 Å². The highest BCUT2D eigenvalue weighted by molar-refractivity contribution is 5.62. The number of hydrogen-bond donors (Lipinski definition) is 2. The Morgan fingerprint density at radius 1 is 1.47 bits per heavy atom. The van der Waals surface area contributed by atoms with Crippen LogP contribution in [0.2, 0.25) is 0 Å². The Labute approximate surface area is 90.6 Å². The van der Waals surface area contributed by atoms with Crippen molar-refractivity contribution in [3.63, 3.8) is 0 Å². The molecule has 1 aromatic carbocycles. The molecule has 3 heteroatoms. The van der Waals surface area contributed by atoms with Gasteiger partial charge in [-0.1, -0.05) is 12.1 Å². The van der Waals surface area contributed by atoms with E-state index in [2.05, 4.69) is 31.3 Å². The fourth-order valence-corrected chi connectivity index (χ4v) is 1.99. The molecule has 0 aromatic heterocycles. The second kappa shape index (κ2) is 4.11. The highest BCUT2D eigenvalue weighted by atomic mass is 16.5. The van der Waals surface area contributed by atoms with Crippen molar-refractivity contribution in [2.45, 2.75) is 32.4 Å². The Kier molecular flexibility index (Phi) is 2.82. The highest BCUT2D eigenvalue weighted by Crippen LogP contribution is 2.34. The summed E-state index contributed by atoms with van der Waals surface area (Å²) in [6.07, 6.45) is 1.07. The molecule has 0 saturated heterocycles. The minimum Gasteiger partial charge on any atom is -0.486 e. The lowest BCUT2D eigenvalue weighted by molar-refractivity contribution is 0.166. The quantitative estimate of drug-likeness (QED) is 0.777. The lowest BCUT2D eigenvalue weighted by Crippen LogP contribution is -2.40. The summed E-state index contributed by atoms with van der Waals surface area (Å²) in [6.45, 7) is 4.86. The van der Waals surface area contributed by atoms with E-state index in [1.165, 1.54) is 5.56 Å². The monoisotopic (exact) mass is 206 g/mol. The van der Waals surface area contributed by atoms with Gasteiger partial charge in [0, 0.05) is 0 Å². The van der Waals surface area contributed by atoms with Crippen molar-refractivity contribution in [3.8, 4) is 5.75 Å². The summed E-state index contributed by atoms with van der Waals surface area (Å²) < 4.78 is 5.97. The molecule has 1 aromatic rings. The normalized spacial score (nSPS) is 23.9. The van der Waals surface area contributed by atoms with Crippen molar-refractivity contribution in [1.29, 1.82) is 0 Å². The Morgan fingerprint density at radius 3 is 3.00 bits per heavy atom. The molecule has 0 radical (unpaired) electrons. The van der Waals surface area contributed by atoms with Gasteiger partial charge < -0.3 is 15.8 Å². The zero-order chi connectivity index (χ0) is 10.8. The number of anilines is 1. The predicted octanol–water partition coefficient (Wildman–Crippen LogP) is 1.91. The molecule has 2 atom stereocenters. The van der Waals surface area contributed by atoms with Crippen LogP contribution >= 0.6 is 0 Å². The van der Waals surface area contributed by atoms with E-state index in [4.69, 9.17) is 10.5 Å². The van der Waals surface area contributed by atoms with Crippen LogP contribution in [0.4, 0.5) is 5.69 Å². The SMILES string of the molecule is Cc1cccc2c1OC(CCN)C(C)N2. The summed E-state index contributed by atoms with van der Waals surface area (Å²) in [4.78, 5) is 0. The molecular weight excluding hydrogens is 188 g/mol. The molecule has 2 unspecified atom stereocenters. The summed E-state index contributed by atoms with van der Waals surface area (Å²) in [6, 6.07) is 6.48. The van der Waals surface area contributed by atoms with Crippen molar-refractivity contribution in [3.05, 3.63) is 23.8 Å². The van der Waals surface area contributed by atoms with Gasteiger partial charge in [0.1, 0.15) is 11.9 Å². The third-order valence-electron chi connectivity index (χ3n) is 2.87. The number of rotatable bonds is 2. The summed E-state index contributed by atoms with van der Waals surface area (Å²) >= 11 is 0. The van der Waals surface area contributed by atoms with Gasteiger partial charge >= 0.3 is 0 Å². The third kappa shape index (κ3) is 1.92. The van der Waals surface area contributed by atoms with E-state index < -0.39 is 0 Å². The summed E-state index contributed by atoms with van der Waals surface area (Å²) in [5.74, 6) is 0.981. The van der Waals surface area contributed by atoms with Gasteiger partial charge in [0.2, 0.25) is 0 Å². The zero-order valence-electron chi connectivity index (χ0n) is 9.29. The number of nitrogens with two attached hydrogens (primary N) is 1.